The number of nitrogens with zero attached hydrogens (tertiary/aromatic N) is 1. The van der Waals surface area contributed by atoms with Crippen LogP contribution in [0.1, 0.15) is 26.3 Å². The molecule has 0 heterocycles. The molecule has 1 N–H and O–H groups in total. The SMILES string of the molecule is CC(O)CN(Cc1ccc(F)c(F)c1)C(C)C. The van der Waals surface area contributed by atoms with E-state index in [4.69, 9.17) is 0 Å². The Bertz CT molecular complexity index is 366. The second kappa shape index (κ2) is 6.07. The highest BCUT2D eigenvalue weighted by Gasteiger charge is 2.13. The number of aliphatic hydroxyl groups excluding tert-OH is 1. The Morgan fingerprint density at radius 1 is 1.18 bits per heavy atom. The molecule has 0 spiro atoms. The van der Waals surface area contributed by atoms with Crippen LogP contribution in [0.15, 0.2) is 18.2 Å². The van der Waals surface area contributed by atoms with Crippen LogP contribution in [0.2, 0.25) is 0 Å². The molecule has 0 fully saturated rings. The van der Waals surface area contributed by atoms with Crippen LogP contribution in [0, 0.1) is 11.6 Å². The van der Waals surface area contributed by atoms with Gasteiger partial charge in [0.05, 0.1) is 6.10 Å². The first-order valence-electron chi connectivity index (χ1n) is 5.76. The zero-order valence-corrected chi connectivity index (χ0v) is 10.5. The number of hydrogen-bond acceptors (Lipinski definition) is 2. The molecule has 1 rings (SSSR count). The summed E-state index contributed by atoms with van der Waals surface area (Å²) < 4.78 is 25.8. The fourth-order valence-electron chi connectivity index (χ4n) is 1.67. The molecule has 0 aromatic heterocycles. The number of aliphatic hydroxyl groups is 1. The van der Waals surface area contributed by atoms with E-state index in [9.17, 15) is 13.9 Å². The summed E-state index contributed by atoms with van der Waals surface area (Å²) in [6, 6.07) is 4.13. The van der Waals surface area contributed by atoms with Crippen molar-refractivity contribution in [3.8, 4) is 0 Å². The van der Waals surface area contributed by atoms with Crippen molar-refractivity contribution in [2.24, 2.45) is 0 Å². The van der Waals surface area contributed by atoms with Crippen molar-refractivity contribution < 1.29 is 13.9 Å². The van der Waals surface area contributed by atoms with Crippen LogP contribution >= 0.6 is 0 Å². The molecule has 1 unspecified atom stereocenters. The van der Waals surface area contributed by atoms with E-state index in [0.717, 1.165) is 6.07 Å². The van der Waals surface area contributed by atoms with Gasteiger partial charge in [-0.1, -0.05) is 6.07 Å². The molecular weight excluding hydrogens is 224 g/mol. The lowest BCUT2D eigenvalue weighted by atomic mass is 10.1. The maximum Gasteiger partial charge on any atom is 0.159 e. The maximum absolute atomic E-state index is 13.1. The van der Waals surface area contributed by atoms with Crippen molar-refractivity contribution in [2.45, 2.75) is 39.5 Å². The van der Waals surface area contributed by atoms with Gasteiger partial charge in [-0.15, -0.1) is 0 Å². The summed E-state index contributed by atoms with van der Waals surface area (Å²) in [4.78, 5) is 2.01. The van der Waals surface area contributed by atoms with Crippen molar-refractivity contribution in [1.29, 1.82) is 0 Å². The summed E-state index contributed by atoms with van der Waals surface area (Å²) in [6.07, 6.45) is -0.442. The first-order chi connectivity index (χ1) is 7.90. The van der Waals surface area contributed by atoms with Crippen LogP contribution < -0.4 is 0 Å². The zero-order valence-electron chi connectivity index (χ0n) is 10.5. The van der Waals surface area contributed by atoms with Gasteiger partial charge in [0.2, 0.25) is 0 Å². The molecule has 0 bridgehead atoms. The van der Waals surface area contributed by atoms with E-state index in [0.29, 0.717) is 18.7 Å². The molecule has 0 aliphatic carbocycles. The van der Waals surface area contributed by atoms with Gasteiger partial charge in [0.25, 0.3) is 0 Å². The van der Waals surface area contributed by atoms with Gasteiger partial charge >= 0.3 is 0 Å². The van der Waals surface area contributed by atoms with Crippen molar-refractivity contribution in [3.63, 3.8) is 0 Å². The van der Waals surface area contributed by atoms with E-state index in [1.807, 2.05) is 18.7 Å². The number of halogens is 2. The molecule has 0 amide bonds. The normalized spacial score (nSPS) is 13.4. The summed E-state index contributed by atoms with van der Waals surface area (Å²) in [5.74, 6) is -1.66. The van der Waals surface area contributed by atoms with E-state index < -0.39 is 17.7 Å². The van der Waals surface area contributed by atoms with E-state index in [-0.39, 0.29) is 6.04 Å². The Morgan fingerprint density at radius 3 is 2.29 bits per heavy atom. The quantitative estimate of drug-likeness (QED) is 0.859. The van der Waals surface area contributed by atoms with Crippen molar-refractivity contribution in [2.75, 3.05) is 6.54 Å². The van der Waals surface area contributed by atoms with E-state index in [2.05, 4.69) is 0 Å². The predicted molar refractivity (Wildman–Crippen MR) is 63.6 cm³/mol. The molecule has 1 aromatic carbocycles. The van der Waals surface area contributed by atoms with E-state index >= 15 is 0 Å². The molecule has 1 aromatic rings. The van der Waals surface area contributed by atoms with E-state index in [1.54, 1.807) is 13.0 Å². The van der Waals surface area contributed by atoms with Crippen LogP contribution in [-0.4, -0.2) is 28.7 Å². The Balaban J connectivity index is 2.75. The summed E-state index contributed by atoms with van der Waals surface area (Å²) in [7, 11) is 0. The highest BCUT2D eigenvalue weighted by molar-refractivity contribution is 5.17. The van der Waals surface area contributed by atoms with Gasteiger partial charge in [-0.2, -0.15) is 0 Å². The number of hydrogen-bond donors (Lipinski definition) is 1. The first kappa shape index (κ1) is 14.1. The molecule has 0 saturated heterocycles. The maximum atomic E-state index is 13.1. The molecule has 96 valence electrons. The lowest BCUT2D eigenvalue weighted by Gasteiger charge is -2.27. The largest absolute Gasteiger partial charge is 0.392 e. The molecule has 17 heavy (non-hydrogen) atoms. The topological polar surface area (TPSA) is 23.5 Å². The van der Waals surface area contributed by atoms with Gasteiger partial charge in [0, 0.05) is 19.1 Å². The molecule has 1 atom stereocenters. The smallest absolute Gasteiger partial charge is 0.159 e. The number of benzene rings is 1. The molecule has 0 aliphatic heterocycles. The van der Waals surface area contributed by atoms with Crippen LogP contribution in [-0.2, 0) is 6.54 Å². The molecule has 0 aliphatic rings. The fraction of sp³-hybridized carbons (Fsp3) is 0.538. The van der Waals surface area contributed by atoms with Gasteiger partial charge < -0.3 is 5.11 Å². The second-order valence-electron chi connectivity index (χ2n) is 4.62. The Hall–Kier alpha value is -1.00. The monoisotopic (exact) mass is 243 g/mol. The third kappa shape index (κ3) is 4.40. The second-order valence-corrected chi connectivity index (χ2v) is 4.62. The molecular formula is C13H19F2NO. The first-order valence-corrected chi connectivity index (χ1v) is 5.76. The highest BCUT2D eigenvalue weighted by Crippen LogP contribution is 2.13. The predicted octanol–water partition coefficient (Wildman–Crippen LogP) is 2.56. The van der Waals surface area contributed by atoms with Crippen LogP contribution in [0.4, 0.5) is 8.78 Å². The molecule has 2 nitrogen and oxygen atoms in total. The van der Waals surface area contributed by atoms with Gasteiger partial charge in [-0.3, -0.25) is 4.90 Å². The minimum absolute atomic E-state index is 0.234. The standard InChI is InChI=1S/C13H19F2NO/c1-9(2)16(7-10(3)17)8-11-4-5-12(14)13(15)6-11/h4-6,9-10,17H,7-8H2,1-3H3. The van der Waals surface area contributed by atoms with Crippen molar-refractivity contribution in [3.05, 3.63) is 35.4 Å². The van der Waals surface area contributed by atoms with Crippen LogP contribution in [0.25, 0.3) is 0 Å². The Kier molecular flexibility index (Phi) is 5.02. The minimum atomic E-state index is -0.833. The van der Waals surface area contributed by atoms with Crippen molar-refractivity contribution >= 4 is 0 Å². The van der Waals surface area contributed by atoms with E-state index in [1.165, 1.54) is 6.07 Å². The minimum Gasteiger partial charge on any atom is -0.392 e. The Labute approximate surface area is 101 Å². The average molecular weight is 243 g/mol. The summed E-state index contributed by atoms with van der Waals surface area (Å²) >= 11 is 0. The summed E-state index contributed by atoms with van der Waals surface area (Å²) in [5, 5.41) is 9.37. The molecule has 4 heteroatoms. The molecule has 0 saturated carbocycles. The summed E-state index contributed by atoms with van der Waals surface area (Å²) in [6.45, 7) is 6.72. The Morgan fingerprint density at radius 2 is 1.82 bits per heavy atom. The average Bonchev–Trinajstić information content (AvgIpc) is 2.21. The lowest BCUT2D eigenvalue weighted by Crippen LogP contribution is -2.36. The lowest BCUT2D eigenvalue weighted by molar-refractivity contribution is 0.103. The van der Waals surface area contributed by atoms with Gasteiger partial charge in [-0.25, -0.2) is 8.78 Å². The summed E-state index contributed by atoms with van der Waals surface area (Å²) in [5.41, 5.74) is 0.707. The third-order valence-corrected chi connectivity index (χ3v) is 2.60. The zero-order chi connectivity index (χ0) is 13.0. The molecule has 0 radical (unpaired) electrons. The van der Waals surface area contributed by atoms with Crippen molar-refractivity contribution in [1.82, 2.24) is 4.90 Å². The third-order valence-electron chi connectivity index (χ3n) is 2.60. The fourth-order valence-corrected chi connectivity index (χ4v) is 1.67. The van der Waals surface area contributed by atoms with Gasteiger partial charge in [0.1, 0.15) is 0 Å². The van der Waals surface area contributed by atoms with Crippen LogP contribution in [0.5, 0.6) is 0 Å². The van der Waals surface area contributed by atoms with Gasteiger partial charge in [0.15, 0.2) is 11.6 Å². The number of rotatable bonds is 5. The van der Waals surface area contributed by atoms with Crippen LogP contribution in [0.3, 0.4) is 0 Å². The highest BCUT2D eigenvalue weighted by atomic mass is 19.2. The van der Waals surface area contributed by atoms with Gasteiger partial charge in [-0.05, 0) is 38.5 Å².